The van der Waals surface area contributed by atoms with Crippen molar-refractivity contribution in [3.05, 3.63) is 0 Å². The smallest absolute Gasteiger partial charge is 0.317 e. The summed E-state index contributed by atoms with van der Waals surface area (Å²) in [5.74, 6) is 1.28. The highest BCUT2D eigenvalue weighted by Crippen LogP contribution is 2.16. The van der Waals surface area contributed by atoms with Crippen molar-refractivity contribution < 1.29 is 4.79 Å². The fourth-order valence-electron chi connectivity index (χ4n) is 3.14. The maximum absolute atomic E-state index is 12.7. The maximum Gasteiger partial charge on any atom is 0.317 e. The van der Waals surface area contributed by atoms with Crippen molar-refractivity contribution in [3.63, 3.8) is 0 Å². The van der Waals surface area contributed by atoms with Gasteiger partial charge >= 0.3 is 6.03 Å². The van der Waals surface area contributed by atoms with Gasteiger partial charge in [0.25, 0.3) is 0 Å². The molecule has 2 amide bonds. The fraction of sp³-hybridized carbons (Fsp3) is 0.952. The number of amides is 2. The van der Waals surface area contributed by atoms with Crippen molar-refractivity contribution in [2.45, 2.75) is 98.8 Å². The molecule has 0 rings (SSSR count). The molecule has 0 saturated heterocycles. The third kappa shape index (κ3) is 10.9. The average molecular weight is 341 g/mol. The molecule has 0 aliphatic rings. The number of rotatable bonds is 15. The zero-order valence-corrected chi connectivity index (χ0v) is 17.2. The van der Waals surface area contributed by atoms with Crippen LogP contribution in [0.5, 0.6) is 0 Å². The van der Waals surface area contributed by atoms with Crippen LogP contribution in [-0.4, -0.2) is 30.6 Å². The van der Waals surface area contributed by atoms with E-state index in [4.69, 9.17) is 0 Å². The molecular weight excluding hydrogens is 296 g/mol. The van der Waals surface area contributed by atoms with Crippen LogP contribution in [0, 0.1) is 11.8 Å². The van der Waals surface area contributed by atoms with Crippen molar-refractivity contribution >= 4 is 6.03 Å². The lowest BCUT2D eigenvalue weighted by Gasteiger charge is -2.28. The van der Waals surface area contributed by atoms with Crippen LogP contribution in [0.2, 0.25) is 0 Å². The Bertz CT molecular complexity index is 294. The minimum atomic E-state index is 0.161. The van der Waals surface area contributed by atoms with Crippen LogP contribution in [0.4, 0.5) is 4.79 Å². The van der Waals surface area contributed by atoms with E-state index in [0.29, 0.717) is 11.8 Å². The molecule has 24 heavy (non-hydrogen) atoms. The molecule has 0 spiro atoms. The standard InChI is InChI=1S/C21H44N2O/c1-6-11-14-19(9-4)17-22-21(24)23(16-13-8-3)18-20(10-5)15-12-7-2/h19-20H,6-18H2,1-5H3,(H,22,24). The molecule has 3 nitrogen and oxygen atoms in total. The van der Waals surface area contributed by atoms with Crippen LogP contribution in [0.25, 0.3) is 0 Å². The van der Waals surface area contributed by atoms with Crippen molar-refractivity contribution in [2.75, 3.05) is 19.6 Å². The number of hydrogen-bond acceptors (Lipinski definition) is 1. The van der Waals surface area contributed by atoms with Gasteiger partial charge in [-0.25, -0.2) is 4.79 Å². The maximum atomic E-state index is 12.7. The van der Waals surface area contributed by atoms with Crippen LogP contribution < -0.4 is 5.32 Å². The lowest BCUT2D eigenvalue weighted by molar-refractivity contribution is 0.181. The minimum absolute atomic E-state index is 0.161. The first-order valence-electron chi connectivity index (χ1n) is 10.6. The van der Waals surface area contributed by atoms with E-state index < -0.39 is 0 Å². The number of nitrogens with one attached hydrogen (secondary N) is 1. The van der Waals surface area contributed by atoms with E-state index in [2.05, 4.69) is 44.8 Å². The van der Waals surface area contributed by atoms with Crippen molar-refractivity contribution in [1.29, 1.82) is 0 Å². The molecule has 0 fully saturated rings. The van der Waals surface area contributed by atoms with Crippen LogP contribution in [0.15, 0.2) is 0 Å². The van der Waals surface area contributed by atoms with Gasteiger partial charge in [0.1, 0.15) is 0 Å². The average Bonchev–Trinajstić information content (AvgIpc) is 2.61. The summed E-state index contributed by atoms with van der Waals surface area (Å²) in [6.45, 7) is 13.8. The molecule has 0 aliphatic carbocycles. The van der Waals surface area contributed by atoms with E-state index in [1.807, 2.05) is 0 Å². The summed E-state index contributed by atoms with van der Waals surface area (Å²) < 4.78 is 0. The van der Waals surface area contributed by atoms with E-state index in [1.165, 1.54) is 44.9 Å². The third-order valence-corrected chi connectivity index (χ3v) is 5.18. The van der Waals surface area contributed by atoms with Crippen LogP contribution >= 0.6 is 0 Å². The summed E-state index contributed by atoms with van der Waals surface area (Å²) in [6.07, 6.45) is 12.1. The summed E-state index contributed by atoms with van der Waals surface area (Å²) in [4.78, 5) is 14.8. The van der Waals surface area contributed by atoms with Crippen LogP contribution in [0.3, 0.4) is 0 Å². The predicted octanol–water partition coefficient (Wildman–Crippen LogP) is 6.23. The molecule has 0 aromatic carbocycles. The highest BCUT2D eigenvalue weighted by Gasteiger charge is 2.18. The van der Waals surface area contributed by atoms with Gasteiger partial charge in [0, 0.05) is 19.6 Å². The normalized spacial score (nSPS) is 13.5. The molecule has 0 aliphatic heterocycles. The topological polar surface area (TPSA) is 32.3 Å². The Morgan fingerprint density at radius 2 is 1.38 bits per heavy atom. The first-order valence-corrected chi connectivity index (χ1v) is 10.6. The molecule has 0 aromatic rings. The van der Waals surface area contributed by atoms with Gasteiger partial charge in [0.05, 0.1) is 0 Å². The fourth-order valence-corrected chi connectivity index (χ4v) is 3.14. The second-order valence-electron chi connectivity index (χ2n) is 7.32. The van der Waals surface area contributed by atoms with Gasteiger partial charge in [-0.05, 0) is 31.1 Å². The van der Waals surface area contributed by atoms with Gasteiger partial charge in [-0.15, -0.1) is 0 Å². The number of hydrogen-bond donors (Lipinski definition) is 1. The Labute approximate surface area is 152 Å². The Morgan fingerprint density at radius 3 is 1.88 bits per heavy atom. The Balaban J connectivity index is 4.50. The van der Waals surface area contributed by atoms with Crippen LogP contribution in [-0.2, 0) is 0 Å². The highest BCUT2D eigenvalue weighted by atomic mass is 16.2. The zero-order chi connectivity index (χ0) is 18.2. The number of urea groups is 1. The zero-order valence-electron chi connectivity index (χ0n) is 17.2. The lowest BCUT2D eigenvalue weighted by atomic mass is 9.98. The Kier molecular flexibility index (Phi) is 15.3. The van der Waals surface area contributed by atoms with E-state index in [-0.39, 0.29) is 6.03 Å². The van der Waals surface area contributed by atoms with Crippen molar-refractivity contribution in [3.8, 4) is 0 Å². The van der Waals surface area contributed by atoms with Crippen molar-refractivity contribution in [2.24, 2.45) is 11.8 Å². The van der Waals surface area contributed by atoms with Gasteiger partial charge in [-0.2, -0.15) is 0 Å². The molecule has 144 valence electrons. The second kappa shape index (κ2) is 15.8. The highest BCUT2D eigenvalue weighted by molar-refractivity contribution is 5.74. The van der Waals surface area contributed by atoms with E-state index in [1.54, 1.807) is 0 Å². The minimum Gasteiger partial charge on any atom is -0.338 e. The number of unbranched alkanes of at least 4 members (excludes halogenated alkanes) is 3. The van der Waals surface area contributed by atoms with E-state index >= 15 is 0 Å². The van der Waals surface area contributed by atoms with E-state index in [0.717, 1.165) is 38.9 Å². The van der Waals surface area contributed by atoms with Gasteiger partial charge in [0.15, 0.2) is 0 Å². The predicted molar refractivity (Wildman–Crippen MR) is 106 cm³/mol. The molecule has 2 atom stereocenters. The molecule has 0 saturated carbocycles. The Hall–Kier alpha value is -0.730. The van der Waals surface area contributed by atoms with Gasteiger partial charge in [-0.3, -0.25) is 0 Å². The van der Waals surface area contributed by atoms with Crippen LogP contribution in [0.1, 0.15) is 98.8 Å². The largest absolute Gasteiger partial charge is 0.338 e. The molecule has 3 heteroatoms. The molecular formula is C21H44N2O. The summed E-state index contributed by atoms with van der Waals surface area (Å²) >= 11 is 0. The summed E-state index contributed by atoms with van der Waals surface area (Å²) in [6, 6.07) is 0.161. The first kappa shape index (κ1) is 23.3. The molecule has 1 N–H and O–H groups in total. The van der Waals surface area contributed by atoms with Crippen molar-refractivity contribution in [1.82, 2.24) is 10.2 Å². The molecule has 0 heterocycles. The first-order chi connectivity index (χ1) is 11.6. The van der Waals surface area contributed by atoms with Gasteiger partial charge in [-0.1, -0.05) is 79.6 Å². The SMILES string of the molecule is CCCCC(CC)CNC(=O)N(CCCC)CC(CC)CCCC. The lowest BCUT2D eigenvalue weighted by Crippen LogP contribution is -2.44. The molecule has 0 aromatic heterocycles. The number of carbonyl (C=O) groups is 1. The van der Waals surface area contributed by atoms with Gasteiger partial charge < -0.3 is 10.2 Å². The van der Waals surface area contributed by atoms with E-state index in [9.17, 15) is 4.79 Å². The summed E-state index contributed by atoms with van der Waals surface area (Å²) in [5.41, 5.74) is 0. The third-order valence-electron chi connectivity index (χ3n) is 5.18. The molecule has 0 bridgehead atoms. The number of nitrogens with zero attached hydrogens (tertiary/aromatic N) is 1. The summed E-state index contributed by atoms with van der Waals surface area (Å²) in [7, 11) is 0. The molecule has 2 unspecified atom stereocenters. The molecule has 0 radical (unpaired) electrons. The second-order valence-corrected chi connectivity index (χ2v) is 7.32. The number of carbonyl (C=O) groups excluding carboxylic acids is 1. The quantitative estimate of drug-likeness (QED) is 0.376. The summed E-state index contributed by atoms with van der Waals surface area (Å²) in [5, 5.41) is 3.22. The Morgan fingerprint density at radius 1 is 0.833 bits per heavy atom. The van der Waals surface area contributed by atoms with Gasteiger partial charge in [0.2, 0.25) is 0 Å². The monoisotopic (exact) mass is 340 g/mol.